The maximum Gasteiger partial charge on any atom is 0.220 e. The molecule has 1 amide bonds. The lowest BCUT2D eigenvalue weighted by atomic mass is 9.89. The smallest absolute Gasteiger partial charge is 0.220 e. The van der Waals surface area contributed by atoms with Crippen molar-refractivity contribution in [3.63, 3.8) is 0 Å². The first-order chi connectivity index (χ1) is 8.76. The second kappa shape index (κ2) is 6.20. The van der Waals surface area contributed by atoms with E-state index < -0.39 is 0 Å². The molecule has 0 fully saturated rings. The number of carbonyl (C=O) groups is 1. The van der Waals surface area contributed by atoms with Crippen molar-refractivity contribution < 1.29 is 4.79 Å². The third kappa shape index (κ3) is 4.35. The second-order valence-corrected chi connectivity index (χ2v) is 6.11. The number of rotatable bonds is 5. The van der Waals surface area contributed by atoms with Gasteiger partial charge in [0, 0.05) is 13.0 Å². The van der Waals surface area contributed by atoms with Gasteiger partial charge in [-0.1, -0.05) is 26.0 Å². The molecule has 3 nitrogen and oxygen atoms in total. The Morgan fingerprint density at radius 3 is 2.42 bits per heavy atom. The van der Waals surface area contributed by atoms with Gasteiger partial charge in [-0.2, -0.15) is 0 Å². The normalized spacial score (nSPS) is 11.5. The van der Waals surface area contributed by atoms with Crippen LogP contribution in [0.25, 0.3) is 0 Å². The molecule has 0 aliphatic heterocycles. The molecule has 0 aliphatic rings. The Morgan fingerprint density at radius 2 is 1.84 bits per heavy atom. The predicted octanol–water partition coefficient (Wildman–Crippen LogP) is 2.60. The van der Waals surface area contributed by atoms with E-state index >= 15 is 0 Å². The molecule has 106 valence electrons. The van der Waals surface area contributed by atoms with Crippen molar-refractivity contribution in [2.24, 2.45) is 11.1 Å². The number of benzene rings is 1. The molecule has 0 aromatic heterocycles. The molecule has 0 saturated carbocycles. The van der Waals surface area contributed by atoms with E-state index in [1.54, 1.807) is 0 Å². The van der Waals surface area contributed by atoms with Gasteiger partial charge in [-0.25, -0.2) is 0 Å². The second-order valence-electron chi connectivity index (χ2n) is 6.11. The summed E-state index contributed by atoms with van der Waals surface area (Å²) in [7, 11) is 0. The summed E-state index contributed by atoms with van der Waals surface area (Å²) >= 11 is 0. The summed E-state index contributed by atoms with van der Waals surface area (Å²) in [6, 6.07) is 4.19. The van der Waals surface area contributed by atoms with E-state index in [9.17, 15) is 4.79 Å². The molecule has 3 heteroatoms. The number of carbonyl (C=O) groups excluding carboxylic acids is 1. The quantitative estimate of drug-likeness (QED) is 0.857. The van der Waals surface area contributed by atoms with Gasteiger partial charge in [-0.15, -0.1) is 0 Å². The Labute approximate surface area is 116 Å². The van der Waals surface area contributed by atoms with Crippen molar-refractivity contribution in [3.05, 3.63) is 34.4 Å². The summed E-state index contributed by atoms with van der Waals surface area (Å²) in [5, 5.41) is 2.98. The lowest BCUT2D eigenvalue weighted by Crippen LogP contribution is -2.32. The zero-order valence-corrected chi connectivity index (χ0v) is 12.8. The number of nitrogens with one attached hydrogen (secondary N) is 1. The highest BCUT2D eigenvalue weighted by Gasteiger charge is 2.19. The van der Waals surface area contributed by atoms with Crippen LogP contribution in [0.5, 0.6) is 0 Å². The highest BCUT2D eigenvalue weighted by Crippen LogP contribution is 2.19. The van der Waals surface area contributed by atoms with E-state index in [1.165, 1.54) is 22.3 Å². The van der Waals surface area contributed by atoms with Gasteiger partial charge < -0.3 is 11.1 Å². The number of hydrogen-bond acceptors (Lipinski definition) is 2. The SMILES string of the molecule is Cc1ccc(CNC(=O)CC(C)(C)CN)c(C)c1C. The highest BCUT2D eigenvalue weighted by atomic mass is 16.1. The number of aryl methyl sites for hydroxylation is 1. The predicted molar refractivity (Wildman–Crippen MR) is 80.0 cm³/mol. The fourth-order valence-electron chi connectivity index (χ4n) is 1.97. The van der Waals surface area contributed by atoms with Crippen LogP contribution in [0.15, 0.2) is 12.1 Å². The van der Waals surface area contributed by atoms with Crippen molar-refractivity contribution in [2.75, 3.05) is 6.54 Å². The molecule has 1 aromatic carbocycles. The lowest BCUT2D eigenvalue weighted by molar-refractivity contribution is -0.123. The maximum absolute atomic E-state index is 11.9. The van der Waals surface area contributed by atoms with Crippen molar-refractivity contribution in [2.45, 2.75) is 47.6 Å². The molecule has 1 rings (SSSR count). The van der Waals surface area contributed by atoms with Crippen LogP contribution in [0.2, 0.25) is 0 Å². The molecule has 0 radical (unpaired) electrons. The van der Waals surface area contributed by atoms with Crippen molar-refractivity contribution >= 4 is 5.91 Å². The molecular weight excluding hydrogens is 236 g/mol. The Kier molecular flexibility index (Phi) is 5.12. The third-order valence-electron chi connectivity index (χ3n) is 3.84. The van der Waals surface area contributed by atoms with Gasteiger partial charge >= 0.3 is 0 Å². The number of nitrogens with two attached hydrogens (primary N) is 1. The van der Waals surface area contributed by atoms with Crippen LogP contribution in [0.3, 0.4) is 0 Å². The molecule has 0 atom stereocenters. The molecule has 0 bridgehead atoms. The molecule has 0 unspecified atom stereocenters. The zero-order chi connectivity index (χ0) is 14.6. The first kappa shape index (κ1) is 15.7. The van der Waals surface area contributed by atoms with Gasteiger partial charge in [-0.3, -0.25) is 4.79 Å². The minimum Gasteiger partial charge on any atom is -0.352 e. The van der Waals surface area contributed by atoms with E-state index in [4.69, 9.17) is 5.73 Å². The summed E-state index contributed by atoms with van der Waals surface area (Å²) in [6.45, 7) is 11.5. The van der Waals surface area contributed by atoms with E-state index in [-0.39, 0.29) is 11.3 Å². The van der Waals surface area contributed by atoms with E-state index in [2.05, 4.69) is 38.2 Å². The molecule has 0 saturated heterocycles. The minimum absolute atomic E-state index is 0.0630. The number of amides is 1. The summed E-state index contributed by atoms with van der Waals surface area (Å²) in [5.41, 5.74) is 10.5. The summed E-state index contributed by atoms with van der Waals surface area (Å²) in [6.07, 6.45) is 0.466. The maximum atomic E-state index is 11.9. The summed E-state index contributed by atoms with van der Waals surface area (Å²) in [5.74, 6) is 0.0630. The van der Waals surface area contributed by atoms with E-state index in [0.717, 1.165) is 0 Å². The monoisotopic (exact) mass is 262 g/mol. The molecule has 0 heterocycles. The van der Waals surface area contributed by atoms with Gasteiger partial charge in [-0.05, 0) is 55.0 Å². The Morgan fingerprint density at radius 1 is 1.21 bits per heavy atom. The summed E-state index contributed by atoms with van der Waals surface area (Å²) in [4.78, 5) is 11.9. The van der Waals surface area contributed by atoms with Crippen molar-refractivity contribution in [1.29, 1.82) is 0 Å². The molecule has 3 N–H and O–H groups in total. The van der Waals surface area contributed by atoms with Crippen LogP contribution >= 0.6 is 0 Å². The van der Waals surface area contributed by atoms with Crippen LogP contribution < -0.4 is 11.1 Å². The molecule has 1 aromatic rings. The zero-order valence-electron chi connectivity index (χ0n) is 12.8. The standard InChI is InChI=1S/C16H26N2O/c1-11-6-7-14(13(3)12(11)2)9-18-15(19)8-16(4,5)10-17/h6-7H,8-10,17H2,1-5H3,(H,18,19). The van der Waals surface area contributed by atoms with Gasteiger partial charge in [0.25, 0.3) is 0 Å². The first-order valence-corrected chi connectivity index (χ1v) is 6.79. The van der Waals surface area contributed by atoms with E-state index in [1.807, 2.05) is 13.8 Å². The highest BCUT2D eigenvalue weighted by molar-refractivity contribution is 5.76. The van der Waals surface area contributed by atoms with Crippen LogP contribution in [0, 0.1) is 26.2 Å². The average molecular weight is 262 g/mol. The topological polar surface area (TPSA) is 55.1 Å². The summed E-state index contributed by atoms with van der Waals surface area (Å²) < 4.78 is 0. The lowest BCUT2D eigenvalue weighted by Gasteiger charge is -2.21. The Hall–Kier alpha value is -1.35. The van der Waals surface area contributed by atoms with Crippen LogP contribution in [0.4, 0.5) is 0 Å². The first-order valence-electron chi connectivity index (χ1n) is 6.79. The van der Waals surface area contributed by atoms with Gasteiger partial charge in [0.05, 0.1) is 0 Å². The third-order valence-corrected chi connectivity index (χ3v) is 3.84. The van der Waals surface area contributed by atoms with Crippen LogP contribution in [0.1, 0.15) is 42.5 Å². The van der Waals surface area contributed by atoms with Crippen molar-refractivity contribution in [3.8, 4) is 0 Å². The van der Waals surface area contributed by atoms with Gasteiger partial charge in [0.1, 0.15) is 0 Å². The molecular formula is C16H26N2O. The largest absolute Gasteiger partial charge is 0.352 e. The van der Waals surface area contributed by atoms with Crippen LogP contribution in [-0.4, -0.2) is 12.5 Å². The van der Waals surface area contributed by atoms with E-state index in [0.29, 0.717) is 19.5 Å². The molecule has 0 spiro atoms. The molecule has 0 aliphatic carbocycles. The van der Waals surface area contributed by atoms with Crippen LogP contribution in [-0.2, 0) is 11.3 Å². The minimum atomic E-state index is -0.137. The fraction of sp³-hybridized carbons (Fsp3) is 0.562. The van der Waals surface area contributed by atoms with Crippen molar-refractivity contribution in [1.82, 2.24) is 5.32 Å². The van der Waals surface area contributed by atoms with Gasteiger partial charge in [0.15, 0.2) is 0 Å². The van der Waals surface area contributed by atoms with Gasteiger partial charge in [0.2, 0.25) is 5.91 Å². The number of hydrogen-bond donors (Lipinski definition) is 2. The average Bonchev–Trinajstić information content (AvgIpc) is 2.34. The Bertz CT molecular complexity index is 464. The fourth-order valence-corrected chi connectivity index (χ4v) is 1.97. The molecule has 19 heavy (non-hydrogen) atoms. The Balaban J connectivity index is 2.63.